The second kappa shape index (κ2) is 6.75. The van der Waals surface area contributed by atoms with Gasteiger partial charge in [-0.3, -0.25) is 4.79 Å². The minimum absolute atomic E-state index is 0.198. The molecule has 0 unspecified atom stereocenters. The molecule has 0 saturated carbocycles. The first-order valence-electron chi connectivity index (χ1n) is 5.51. The van der Waals surface area contributed by atoms with Crippen molar-refractivity contribution in [2.75, 3.05) is 32.6 Å². The number of carbonyl (C=O) groups excluding carboxylic acids is 1. The zero-order chi connectivity index (χ0) is 12.7. The SMILES string of the molecule is CCOCCOc1cc(N)ccc1C(=O)NC. The van der Waals surface area contributed by atoms with Crippen molar-refractivity contribution in [2.45, 2.75) is 6.92 Å². The Morgan fingerprint density at radius 1 is 1.41 bits per heavy atom. The van der Waals surface area contributed by atoms with Crippen molar-refractivity contribution in [3.63, 3.8) is 0 Å². The first-order valence-corrected chi connectivity index (χ1v) is 5.51. The number of rotatable bonds is 6. The van der Waals surface area contributed by atoms with Gasteiger partial charge in [-0.1, -0.05) is 0 Å². The summed E-state index contributed by atoms with van der Waals surface area (Å²) in [6.45, 7) is 3.43. The molecule has 0 radical (unpaired) electrons. The van der Waals surface area contributed by atoms with Gasteiger partial charge < -0.3 is 20.5 Å². The topological polar surface area (TPSA) is 73.6 Å². The number of hydrogen-bond acceptors (Lipinski definition) is 4. The normalized spacial score (nSPS) is 10.0. The lowest BCUT2D eigenvalue weighted by Gasteiger charge is -2.11. The fourth-order valence-electron chi connectivity index (χ4n) is 1.34. The summed E-state index contributed by atoms with van der Waals surface area (Å²) in [5.41, 5.74) is 6.69. The third-order valence-corrected chi connectivity index (χ3v) is 2.17. The number of amides is 1. The molecule has 17 heavy (non-hydrogen) atoms. The Labute approximate surface area is 101 Å². The highest BCUT2D eigenvalue weighted by atomic mass is 16.5. The van der Waals surface area contributed by atoms with Crippen molar-refractivity contribution in [3.05, 3.63) is 23.8 Å². The number of nitrogen functional groups attached to an aromatic ring is 1. The van der Waals surface area contributed by atoms with Gasteiger partial charge in [0.25, 0.3) is 5.91 Å². The molecule has 0 aromatic heterocycles. The van der Waals surface area contributed by atoms with Crippen LogP contribution in [0.3, 0.4) is 0 Å². The third-order valence-electron chi connectivity index (χ3n) is 2.17. The van der Waals surface area contributed by atoms with E-state index in [4.69, 9.17) is 15.2 Å². The van der Waals surface area contributed by atoms with Crippen LogP contribution in [0.2, 0.25) is 0 Å². The van der Waals surface area contributed by atoms with Crippen LogP contribution in [0.5, 0.6) is 5.75 Å². The number of nitrogens with one attached hydrogen (secondary N) is 1. The second-order valence-electron chi connectivity index (χ2n) is 3.38. The van der Waals surface area contributed by atoms with Crippen molar-refractivity contribution in [1.82, 2.24) is 5.32 Å². The third kappa shape index (κ3) is 3.96. The maximum Gasteiger partial charge on any atom is 0.254 e. The molecular weight excluding hydrogens is 220 g/mol. The van der Waals surface area contributed by atoms with Gasteiger partial charge in [0.1, 0.15) is 12.4 Å². The molecule has 3 N–H and O–H groups in total. The minimum atomic E-state index is -0.198. The van der Waals surface area contributed by atoms with E-state index in [0.717, 1.165) is 0 Å². The zero-order valence-electron chi connectivity index (χ0n) is 10.2. The number of anilines is 1. The molecule has 0 fully saturated rings. The van der Waals surface area contributed by atoms with Crippen molar-refractivity contribution in [1.29, 1.82) is 0 Å². The van der Waals surface area contributed by atoms with Gasteiger partial charge in [-0.05, 0) is 19.1 Å². The Morgan fingerprint density at radius 2 is 2.18 bits per heavy atom. The predicted molar refractivity (Wildman–Crippen MR) is 66.2 cm³/mol. The van der Waals surface area contributed by atoms with Gasteiger partial charge in [0.2, 0.25) is 0 Å². The summed E-state index contributed by atoms with van der Waals surface area (Å²) in [4.78, 5) is 11.6. The van der Waals surface area contributed by atoms with Crippen molar-refractivity contribution in [3.8, 4) is 5.75 Å². The molecule has 0 aliphatic rings. The molecule has 0 aliphatic heterocycles. The Hall–Kier alpha value is -1.75. The summed E-state index contributed by atoms with van der Waals surface area (Å²) in [6.07, 6.45) is 0. The number of nitrogens with two attached hydrogens (primary N) is 1. The van der Waals surface area contributed by atoms with Crippen LogP contribution < -0.4 is 15.8 Å². The van der Waals surface area contributed by atoms with Crippen LogP contribution >= 0.6 is 0 Å². The Balaban J connectivity index is 2.73. The molecule has 1 aromatic carbocycles. The monoisotopic (exact) mass is 238 g/mol. The van der Waals surface area contributed by atoms with Gasteiger partial charge in [0.05, 0.1) is 12.2 Å². The summed E-state index contributed by atoms with van der Waals surface area (Å²) in [7, 11) is 1.57. The molecule has 0 aliphatic carbocycles. The molecule has 5 heteroatoms. The van der Waals surface area contributed by atoms with Crippen molar-refractivity contribution in [2.24, 2.45) is 0 Å². The van der Waals surface area contributed by atoms with Crippen LogP contribution in [0.1, 0.15) is 17.3 Å². The van der Waals surface area contributed by atoms with Gasteiger partial charge in [0, 0.05) is 25.4 Å². The first-order chi connectivity index (χ1) is 8.19. The molecule has 0 saturated heterocycles. The largest absolute Gasteiger partial charge is 0.490 e. The Kier molecular flexibility index (Phi) is 5.29. The second-order valence-corrected chi connectivity index (χ2v) is 3.38. The molecule has 0 spiro atoms. The predicted octanol–water partition coefficient (Wildman–Crippen LogP) is 1.04. The molecule has 1 aromatic rings. The van der Waals surface area contributed by atoms with Crippen molar-refractivity contribution >= 4 is 11.6 Å². The standard InChI is InChI=1S/C12H18N2O3/c1-3-16-6-7-17-11-8-9(13)4-5-10(11)12(15)14-2/h4-5,8H,3,6-7,13H2,1-2H3,(H,14,15). The summed E-state index contributed by atoms with van der Waals surface area (Å²) >= 11 is 0. The quantitative estimate of drug-likeness (QED) is 0.573. The highest BCUT2D eigenvalue weighted by Gasteiger charge is 2.11. The van der Waals surface area contributed by atoms with Crippen LogP contribution in [-0.4, -0.2) is 32.8 Å². The average molecular weight is 238 g/mol. The summed E-state index contributed by atoms with van der Waals surface area (Å²) in [6, 6.07) is 4.95. The number of ether oxygens (including phenoxy) is 2. The fraction of sp³-hybridized carbons (Fsp3) is 0.417. The number of benzene rings is 1. The minimum Gasteiger partial charge on any atom is -0.490 e. The molecular formula is C12H18N2O3. The van der Waals surface area contributed by atoms with Gasteiger partial charge in [-0.2, -0.15) is 0 Å². The van der Waals surface area contributed by atoms with Gasteiger partial charge in [-0.25, -0.2) is 0 Å². The average Bonchev–Trinajstić information content (AvgIpc) is 2.34. The Morgan fingerprint density at radius 3 is 2.82 bits per heavy atom. The smallest absolute Gasteiger partial charge is 0.254 e. The fourth-order valence-corrected chi connectivity index (χ4v) is 1.34. The van der Waals surface area contributed by atoms with E-state index in [1.54, 1.807) is 25.2 Å². The molecule has 1 rings (SSSR count). The first kappa shape index (κ1) is 13.3. The van der Waals surface area contributed by atoms with Crippen LogP contribution in [0.25, 0.3) is 0 Å². The van der Waals surface area contributed by atoms with E-state index in [1.807, 2.05) is 6.92 Å². The number of carbonyl (C=O) groups is 1. The highest BCUT2D eigenvalue weighted by molar-refractivity contribution is 5.97. The summed E-state index contributed by atoms with van der Waals surface area (Å²) in [5.74, 6) is 0.278. The van der Waals surface area contributed by atoms with Crippen LogP contribution in [0.4, 0.5) is 5.69 Å². The van der Waals surface area contributed by atoms with Crippen LogP contribution in [0.15, 0.2) is 18.2 Å². The molecule has 5 nitrogen and oxygen atoms in total. The van der Waals surface area contributed by atoms with E-state index in [0.29, 0.717) is 36.8 Å². The summed E-state index contributed by atoms with van der Waals surface area (Å²) < 4.78 is 10.6. The van der Waals surface area contributed by atoms with Gasteiger partial charge >= 0.3 is 0 Å². The van der Waals surface area contributed by atoms with Gasteiger partial charge in [-0.15, -0.1) is 0 Å². The maximum absolute atomic E-state index is 11.6. The van der Waals surface area contributed by atoms with E-state index in [-0.39, 0.29) is 5.91 Å². The molecule has 1 amide bonds. The van der Waals surface area contributed by atoms with E-state index in [9.17, 15) is 4.79 Å². The lowest BCUT2D eigenvalue weighted by Crippen LogP contribution is -2.19. The van der Waals surface area contributed by atoms with E-state index in [2.05, 4.69) is 5.32 Å². The lowest BCUT2D eigenvalue weighted by atomic mass is 10.1. The van der Waals surface area contributed by atoms with Crippen LogP contribution in [0, 0.1) is 0 Å². The summed E-state index contributed by atoms with van der Waals surface area (Å²) in [5, 5.41) is 2.55. The van der Waals surface area contributed by atoms with E-state index in [1.165, 1.54) is 0 Å². The number of hydrogen-bond donors (Lipinski definition) is 2. The maximum atomic E-state index is 11.6. The lowest BCUT2D eigenvalue weighted by molar-refractivity contribution is 0.0945. The zero-order valence-corrected chi connectivity index (χ0v) is 10.2. The molecule has 0 bridgehead atoms. The van der Waals surface area contributed by atoms with Crippen LogP contribution in [-0.2, 0) is 4.74 Å². The van der Waals surface area contributed by atoms with E-state index < -0.39 is 0 Å². The molecule has 94 valence electrons. The van der Waals surface area contributed by atoms with Crippen molar-refractivity contribution < 1.29 is 14.3 Å². The van der Waals surface area contributed by atoms with E-state index >= 15 is 0 Å². The molecule has 0 heterocycles. The molecule has 0 atom stereocenters. The highest BCUT2D eigenvalue weighted by Crippen LogP contribution is 2.21. The Bertz CT molecular complexity index is 380. The van der Waals surface area contributed by atoms with Gasteiger partial charge in [0.15, 0.2) is 0 Å².